The molecule has 0 amide bonds. The van der Waals surface area contributed by atoms with Gasteiger partial charge in [0.25, 0.3) is 0 Å². The molecule has 0 aliphatic carbocycles. The molecule has 0 spiro atoms. The highest BCUT2D eigenvalue weighted by Gasteiger charge is 2.25. The summed E-state index contributed by atoms with van der Waals surface area (Å²) in [5.74, 6) is 0.553. The van der Waals surface area contributed by atoms with Gasteiger partial charge in [-0.2, -0.15) is 0 Å². The molecule has 0 saturated carbocycles. The van der Waals surface area contributed by atoms with E-state index in [1.54, 1.807) is 37.5 Å². The lowest BCUT2D eigenvalue weighted by molar-refractivity contribution is 0.0342. The van der Waals surface area contributed by atoms with E-state index in [1.165, 1.54) is 12.1 Å². The van der Waals surface area contributed by atoms with Gasteiger partial charge in [0.05, 0.1) is 6.26 Å². The molecule has 0 fully saturated rings. The maximum absolute atomic E-state index is 12.9. The summed E-state index contributed by atoms with van der Waals surface area (Å²) in [4.78, 5) is 0. The second kappa shape index (κ2) is 6.20. The van der Waals surface area contributed by atoms with Gasteiger partial charge in [0, 0.05) is 13.1 Å². The lowest BCUT2D eigenvalue weighted by atomic mass is 10.00. The fraction of sp³-hybridized carbons (Fsp3) is 0.375. The van der Waals surface area contributed by atoms with E-state index in [-0.39, 0.29) is 11.7 Å². The predicted octanol–water partition coefficient (Wildman–Crippen LogP) is 3.02. The maximum Gasteiger partial charge on any atom is 0.136 e. The van der Waals surface area contributed by atoms with E-state index in [9.17, 15) is 9.50 Å². The number of aliphatic hydroxyl groups is 1. The lowest BCUT2D eigenvalue weighted by Gasteiger charge is -2.22. The van der Waals surface area contributed by atoms with Crippen LogP contribution in [0.5, 0.6) is 0 Å². The molecule has 2 rings (SSSR count). The van der Waals surface area contributed by atoms with Gasteiger partial charge in [-0.05, 0) is 42.7 Å². The zero-order chi connectivity index (χ0) is 14.6. The summed E-state index contributed by atoms with van der Waals surface area (Å²) in [6, 6.07) is 10.0. The highest BCUT2D eigenvalue weighted by Crippen LogP contribution is 2.20. The highest BCUT2D eigenvalue weighted by molar-refractivity contribution is 5.20. The van der Waals surface area contributed by atoms with Crippen molar-refractivity contribution < 1.29 is 13.9 Å². The van der Waals surface area contributed by atoms with E-state index in [1.807, 2.05) is 0 Å². The molecule has 1 heterocycles. The van der Waals surface area contributed by atoms with Gasteiger partial charge in [-0.25, -0.2) is 4.39 Å². The minimum absolute atomic E-state index is 0.227. The fourth-order valence-corrected chi connectivity index (χ4v) is 2.11. The van der Waals surface area contributed by atoms with Gasteiger partial charge >= 0.3 is 0 Å². The lowest BCUT2D eigenvalue weighted by Crippen LogP contribution is -2.36. The van der Waals surface area contributed by atoms with Crippen molar-refractivity contribution in [1.29, 1.82) is 0 Å². The first-order valence-electron chi connectivity index (χ1n) is 6.71. The number of hydrogen-bond acceptors (Lipinski definition) is 3. The van der Waals surface area contributed by atoms with Crippen LogP contribution in [-0.2, 0) is 5.60 Å². The van der Waals surface area contributed by atoms with Crippen LogP contribution in [0, 0.1) is 5.82 Å². The van der Waals surface area contributed by atoms with E-state index >= 15 is 0 Å². The van der Waals surface area contributed by atoms with E-state index < -0.39 is 5.60 Å². The summed E-state index contributed by atoms with van der Waals surface area (Å²) in [6.45, 7) is 4.86. The van der Waals surface area contributed by atoms with Crippen molar-refractivity contribution in [3.05, 3.63) is 59.8 Å². The fourth-order valence-electron chi connectivity index (χ4n) is 2.11. The normalized spacial score (nSPS) is 15.8. The molecule has 1 aromatic carbocycles. The van der Waals surface area contributed by atoms with Crippen molar-refractivity contribution in [3.8, 4) is 0 Å². The van der Waals surface area contributed by atoms with Gasteiger partial charge in [0.15, 0.2) is 0 Å². The number of rotatable bonds is 6. The van der Waals surface area contributed by atoms with Gasteiger partial charge in [-0.3, -0.25) is 0 Å². The Hall–Kier alpha value is -1.65. The van der Waals surface area contributed by atoms with Crippen LogP contribution in [0.3, 0.4) is 0 Å². The van der Waals surface area contributed by atoms with Crippen LogP contribution in [0.25, 0.3) is 0 Å². The second-order valence-electron chi connectivity index (χ2n) is 5.33. The molecule has 2 aromatic rings. The highest BCUT2D eigenvalue weighted by atomic mass is 19.1. The van der Waals surface area contributed by atoms with Gasteiger partial charge < -0.3 is 14.8 Å². The summed E-state index contributed by atoms with van der Waals surface area (Å²) in [5.41, 5.74) is 0.0305. The second-order valence-corrected chi connectivity index (χ2v) is 5.33. The average molecular weight is 277 g/mol. The van der Waals surface area contributed by atoms with E-state index in [0.717, 1.165) is 5.56 Å². The molecule has 2 N–H and O–H groups in total. The molecule has 108 valence electrons. The molecule has 0 bridgehead atoms. The molecule has 0 aliphatic heterocycles. The number of halogens is 1. The molecular formula is C16H20FNO2. The third-order valence-electron chi connectivity index (χ3n) is 3.41. The number of furan rings is 1. The Morgan fingerprint density at radius 3 is 2.60 bits per heavy atom. The minimum atomic E-state index is -1.04. The molecule has 0 radical (unpaired) electrons. The van der Waals surface area contributed by atoms with Crippen molar-refractivity contribution in [1.82, 2.24) is 5.32 Å². The Morgan fingerprint density at radius 2 is 2.00 bits per heavy atom. The zero-order valence-electron chi connectivity index (χ0n) is 11.8. The predicted molar refractivity (Wildman–Crippen MR) is 76.0 cm³/mol. The topological polar surface area (TPSA) is 45.4 Å². The molecule has 20 heavy (non-hydrogen) atoms. The molecule has 4 heteroatoms. The summed E-state index contributed by atoms with van der Waals surface area (Å²) >= 11 is 0. The van der Waals surface area contributed by atoms with Crippen molar-refractivity contribution in [2.24, 2.45) is 0 Å². The Morgan fingerprint density at radius 1 is 1.30 bits per heavy atom. The first-order chi connectivity index (χ1) is 9.49. The third kappa shape index (κ3) is 3.68. The SMILES string of the molecule is C[C@@H](CNC[C@](C)(O)c1ccco1)c1ccc(F)cc1. The number of nitrogens with one attached hydrogen (secondary N) is 1. The molecule has 0 aliphatic rings. The van der Waals surface area contributed by atoms with Crippen LogP contribution in [0.4, 0.5) is 4.39 Å². The average Bonchev–Trinajstić information content (AvgIpc) is 2.94. The quantitative estimate of drug-likeness (QED) is 0.853. The maximum atomic E-state index is 12.9. The minimum Gasteiger partial charge on any atom is -0.466 e. The monoisotopic (exact) mass is 277 g/mol. The van der Waals surface area contributed by atoms with Crippen LogP contribution in [0.15, 0.2) is 47.1 Å². The van der Waals surface area contributed by atoms with Crippen LogP contribution >= 0.6 is 0 Å². The Labute approximate surface area is 118 Å². The van der Waals surface area contributed by atoms with Crippen molar-refractivity contribution >= 4 is 0 Å². The Bertz CT molecular complexity index is 520. The molecular weight excluding hydrogens is 257 g/mol. The third-order valence-corrected chi connectivity index (χ3v) is 3.41. The smallest absolute Gasteiger partial charge is 0.136 e. The van der Waals surface area contributed by atoms with E-state index in [2.05, 4.69) is 12.2 Å². The van der Waals surface area contributed by atoms with E-state index in [0.29, 0.717) is 18.8 Å². The Kier molecular flexibility index (Phi) is 4.57. The molecule has 3 nitrogen and oxygen atoms in total. The number of benzene rings is 1. The summed E-state index contributed by atoms with van der Waals surface area (Å²) < 4.78 is 18.1. The van der Waals surface area contributed by atoms with Gasteiger partial charge in [0.2, 0.25) is 0 Å². The zero-order valence-corrected chi connectivity index (χ0v) is 11.8. The van der Waals surface area contributed by atoms with Crippen molar-refractivity contribution in [2.75, 3.05) is 13.1 Å². The first-order valence-corrected chi connectivity index (χ1v) is 6.71. The van der Waals surface area contributed by atoms with Gasteiger partial charge in [-0.1, -0.05) is 19.1 Å². The van der Waals surface area contributed by atoms with Crippen molar-refractivity contribution in [2.45, 2.75) is 25.4 Å². The van der Waals surface area contributed by atoms with E-state index in [4.69, 9.17) is 4.42 Å². The number of hydrogen-bond donors (Lipinski definition) is 2. The van der Waals surface area contributed by atoms with Crippen LogP contribution in [0.2, 0.25) is 0 Å². The first kappa shape index (κ1) is 14.8. The van der Waals surface area contributed by atoms with Crippen LogP contribution in [0.1, 0.15) is 31.1 Å². The van der Waals surface area contributed by atoms with Gasteiger partial charge in [0.1, 0.15) is 17.2 Å². The summed E-state index contributed by atoms with van der Waals surface area (Å²) in [5, 5.41) is 13.5. The largest absolute Gasteiger partial charge is 0.466 e. The molecule has 1 aromatic heterocycles. The molecule has 0 saturated heterocycles. The van der Waals surface area contributed by atoms with Crippen LogP contribution in [-0.4, -0.2) is 18.2 Å². The standard InChI is InChI=1S/C16H20FNO2/c1-12(13-5-7-14(17)8-6-13)10-18-11-16(2,19)15-4-3-9-20-15/h3-9,12,18-19H,10-11H2,1-2H3/t12-,16-/m0/s1. The molecule has 0 unspecified atom stereocenters. The summed E-state index contributed by atoms with van der Waals surface area (Å²) in [6.07, 6.45) is 1.55. The Balaban J connectivity index is 1.85. The molecule has 2 atom stereocenters. The van der Waals surface area contributed by atoms with Gasteiger partial charge in [-0.15, -0.1) is 0 Å². The van der Waals surface area contributed by atoms with Crippen LogP contribution < -0.4 is 5.32 Å². The summed E-state index contributed by atoms with van der Waals surface area (Å²) in [7, 11) is 0. The van der Waals surface area contributed by atoms with Crippen molar-refractivity contribution in [3.63, 3.8) is 0 Å².